The molecule has 3 heterocycles. The maximum absolute atomic E-state index is 3.61. The monoisotopic (exact) mass is 253 g/mol. The van der Waals surface area contributed by atoms with Gasteiger partial charge in [-0.2, -0.15) is 0 Å². The van der Waals surface area contributed by atoms with Crippen molar-refractivity contribution < 1.29 is 0 Å². The largest absolute Gasteiger partial charge is 0.387 e. The number of rotatable bonds is 2. The summed E-state index contributed by atoms with van der Waals surface area (Å²) in [6, 6.07) is 0.246. The highest BCUT2D eigenvalue weighted by Gasteiger charge is 2.18. The SMILES string of the molecule is CC1=CC(C2=CNCC=C2)NC(C2=CC=CNC2)=C1. The number of nitrogens with one attached hydrogen (secondary N) is 3. The Morgan fingerprint density at radius 2 is 2.21 bits per heavy atom. The lowest BCUT2D eigenvalue weighted by molar-refractivity contribution is 0.726. The molecule has 1 unspecified atom stereocenters. The Balaban J connectivity index is 1.83. The zero-order chi connectivity index (χ0) is 13.1. The van der Waals surface area contributed by atoms with Crippen molar-refractivity contribution in [3.63, 3.8) is 0 Å². The first-order valence-corrected chi connectivity index (χ1v) is 6.69. The molecule has 3 N–H and O–H groups in total. The summed E-state index contributed by atoms with van der Waals surface area (Å²) in [7, 11) is 0. The minimum absolute atomic E-state index is 0.246. The lowest BCUT2D eigenvalue weighted by atomic mass is 9.96. The third-order valence-corrected chi connectivity index (χ3v) is 3.44. The van der Waals surface area contributed by atoms with Gasteiger partial charge >= 0.3 is 0 Å². The van der Waals surface area contributed by atoms with Crippen LogP contribution in [0.4, 0.5) is 0 Å². The first-order valence-electron chi connectivity index (χ1n) is 6.69. The molecule has 0 radical (unpaired) electrons. The van der Waals surface area contributed by atoms with Gasteiger partial charge in [0.15, 0.2) is 0 Å². The molecule has 3 heteroatoms. The second kappa shape index (κ2) is 5.22. The molecular weight excluding hydrogens is 234 g/mol. The lowest BCUT2D eigenvalue weighted by Gasteiger charge is -2.27. The van der Waals surface area contributed by atoms with Gasteiger partial charge in [0.2, 0.25) is 0 Å². The molecule has 3 nitrogen and oxygen atoms in total. The first kappa shape index (κ1) is 11.9. The van der Waals surface area contributed by atoms with Crippen LogP contribution in [0.2, 0.25) is 0 Å². The van der Waals surface area contributed by atoms with E-state index in [1.54, 1.807) is 0 Å². The zero-order valence-corrected chi connectivity index (χ0v) is 11.1. The van der Waals surface area contributed by atoms with E-state index in [0.29, 0.717) is 0 Å². The van der Waals surface area contributed by atoms with Crippen LogP contribution in [-0.2, 0) is 0 Å². The average Bonchev–Trinajstić information content (AvgIpc) is 2.48. The second-order valence-electron chi connectivity index (χ2n) is 4.98. The van der Waals surface area contributed by atoms with Gasteiger partial charge in [0, 0.05) is 25.0 Å². The standard InChI is InChI=1S/C16H19N3/c1-12-8-15(13-4-2-6-17-10-13)19-16(9-12)14-5-3-7-18-11-14/h2-6,8-9,11,16-19H,7,10H2,1H3. The van der Waals surface area contributed by atoms with Crippen molar-refractivity contribution in [3.8, 4) is 0 Å². The Kier molecular flexibility index (Phi) is 3.27. The van der Waals surface area contributed by atoms with Crippen molar-refractivity contribution in [2.75, 3.05) is 13.1 Å². The van der Waals surface area contributed by atoms with E-state index < -0.39 is 0 Å². The van der Waals surface area contributed by atoms with Crippen LogP contribution in [0, 0.1) is 0 Å². The summed E-state index contributed by atoms with van der Waals surface area (Å²) in [5, 5.41) is 10.1. The van der Waals surface area contributed by atoms with E-state index in [4.69, 9.17) is 0 Å². The normalized spacial score (nSPS) is 25.2. The molecule has 0 spiro atoms. The molecule has 0 aromatic rings. The van der Waals surface area contributed by atoms with E-state index in [-0.39, 0.29) is 6.04 Å². The van der Waals surface area contributed by atoms with E-state index in [1.807, 2.05) is 12.3 Å². The molecular formula is C16H19N3. The third-order valence-electron chi connectivity index (χ3n) is 3.44. The van der Waals surface area contributed by atoms with E-state index in [1.165, 1.54) is 22.4 Å². The Bertz CT molecular complexity index is 544. The first-order chi connectivity index (χ1) is 9.33. The van der Waals surface area contributed by atoms with E-state index >= 15 is 0 Å². The molecule has 0 aromatic heterocycles. The highest BCUT2D eigenvalue weighted by molar-refractivity contribution is 5.46. The smallest absolute Gasteiger partial charge is 0.0717 e. The van der Waals surface area contributed by atoms with Crippen LogP contribution >= 0.6 is 0 Å². The molecule has 3 aliphatic heterocycles. The fourth-order valence-corrected chi connectivity index (χ4v) is 2.48. The van der Waals surface area contributed by atoms with Crippen LogP contribution in [0.3, 0.4) is 0 Å². The van der Waals surface area contributed by atoms with Crippen LogP contribution in [0.1, 0.15) is 6.92 Å². The van der Waals surface area contributed by atoms with Gasteiger partial charge in [-0.05, 0) is 36.4 Å². The van der Waals surface area contributed by atoms with Crippen LogP contribution < -0.4 is 16.0 Å². The Morgan fingerprint density at radius 1 is 1.26 bits per heavy atom. The maximum Gasteiger partial charge on any atom is 0.0717 e. The van der Waals surface area contributed by atoms with Crippen LogP contribution in [0.5, 0.6) is 0 Å². The average molecular weight is 253 g/mol. The molecule has 98 valence electrons. The number of hydrogen-bond acceptors (Lipinski definition) is 3. The molecule has 1 atom stereocenters. The van der Waals surface area contributed by atoms with Crippen LogP contribution in [-0.4, -0.2) is 19.1 Å². The van der Waals surface area contributed by atoms with Gasteiger partial charge in [-0.3, -0.25) is 0 Å². The lowest BCUT2D eigenvalue weighted by Crippen LogP contribution is -2.34. The molecule has 0 bridgehead atoms. The van der Waals surface area contributed by atoms with Crippen molar-refractivity contribution >= 4 is 0 Å². The fraction of sp³-hybridized carbons (Fsp3) is 0.250. The number of dihydropyridines is 3. The van der Waals surface area contributed by atoms with E-state index in [9.17, 15) is 0 Å². The van der Waals surface area contributed by atoms with E-state index in [0.717, 1.165) is 13.1 Å². The molecule has 0 saturated carbocycles. The zero-order valence-electron chi connectivity index (χ0n) is 11.1. The molecule has 0 fully saturated rings. The van der Waals surface area contributed by atoms with Crippen molar-refractivity contribution in [1.29, 1.82) is 0 Å². The maximum atomic E-state index is 3.61. The fourth-order valence-electron chi connectivity index (χ4n) is 2.48. The predicted octanol–water partition coefficient (Wildman–Crippen LogP) is 1.87. The molecule has 3 aliphatic rings. The molecule has 3 rings (SSSR count). The second-order valence-corrected chi connectivity index (χ2v) is 4.98. The summed E-state index contributed by atoms with van der Waals surface area (Å²) in [6.07, 6.45) is 17.1. The summed E-state index contributed by atoms with van der Waals surface area (Å²) < 4.78 is 0. The molecule has 0 amide bonds. The molecule has 19 heavy (non-hydrogen) atoms. The van der Waals surface area contributed by atoms with Gasteiger partial charge in [-0.1, -0.05) is 29.9 Å². The van der Waals surface area contributed by atoms with Gasteiger partial charge in [-0.15, -0.1) is 0 Å². The Hall–Kier alpha value is -2.16. The van der Waals surface area contributed by atoms with Crippen molar-refractivity contribution in [3.05, 3.63) is 71.3 Å². The minimum atomic E-state index is 0.246. The van der Waals surface area contributed by atoms with Crippen LogP contribution in [0.15, 0.2) is 71.3 Å². The van der Waals surface area contributed by atoms with Gasteiger partial charge in [0.05, 0.1) is 6.04 Å². The van der Waals surface area contributed by atoms with Gasteiger partial charge < -0.3 is 16.0 Å². The summed E-state index contributed by atoms with van der Waals surface area (Å²) in [6.45, 7) is 3.95. The Morgan fingerprint density at radius 3 is 2.95 bits per heavy atom. The van der Waals surface area contributed by atoms with Gasteiger partial charge in [-0.25, -0.2) is 0 Å². The highest BCUT2D eigenvalue weighted by atomic mass is 15.0. The summed E-state index contributed by atoms with van der Waals surface area (Å²) >= 11 is 0. The predicted molar refractivity (Wildman–Crippen MR) is 79.2 cm³/mol. The minimum Gasteiger partial charge on any atom is -0.387 e. The topological polar surface area (TPSA) is 36.1 Å². The van der Waals surface area contributed by atoms with Crippen molar-refractivity contribution in [2.24, 2.45) is 0 Å². The quantitative estimate of drug-likeness (QED) is 0.703. The summed E-state index contributed by atoms with van der Waals surface area (Å²) in [4.78, 5) is 0. The van der Waals surface area contributed by atoms with Gasteiger partial charge in [0.25, 0.3) is 0 Å². The highest BCUT2D eigenvalue weighted by Crippen LogP contribution is 2.21. The molecule has 0 aromatic carbocycles. The Labute approximate surface area is 114 Å². The van der Waals surface area contributed by atoms with Crippen LogP contribution in [0.25, 0.3) is 0 Å². The summed E-state index contributed by atoms with van der Waals surface area (Å²) in [5.41, 5.74) is 5.08. The number of hydrogen-bond donors (Lipinski definition) is 3. The molecule has 0 aliphatic carbocycles. The van der Waals surface area contributed by atoms with Gasteiger partial charge in [0.1, 0.15) is 0 Å². The van der Waals surface area contributed by atoms with Crippen molar-refractivity contribution in [1.82, 2.24) is 16.0 Å². The number of allylic oxidation sites excluding steroid dienone is 4. The van der Waals surface area contributed by atoms with E-state index in [2.05, 4.69) is 59.5 Å². The third kappa shape index (κ3) is 2.65. The summed E-state index contributed by atoms with van der Waals surface area (Å²) in [5.74, 6) is 0. The molecule has 0 saturated heterocycles. The van der Waals surface area contributed by atoms with Crippen molar-refractivity contribution in [2.45, 2.75) is 13.0 Å².